The van der Waals surface area contributed by atoms with E-state index in [9.17, 15) is 4.79 Å². The van der Waals surface area contributed by atoms with Gasteiger partial charge in [-0.1, -0.05) is 69.6 Å². The monoisotopic (exact) mass is 366 g/mol. The maximum atomic E-state index is 11.8. The van der Waals surface area contributed by atoms with Crippen LogP contribution in [0.25, 0.3) is 0 Å². The van der Waals surface area contributed by atoms with Gasteiger partial charge in [0.05, 0.1) is 6.61 Å². The molecule has 0 bridgehead atoms. The predicted octanol–water partition coefficient (Wildman–Crippen LogP) is 6.87. The van der Waals surface area contributed by atoms with Crippen LogP contribution in [0.2, 0.25) is 0 Å². The third-order valence-electron chi connectivity index (χ3n) is 3.78. The van der Waals surface area contributed by atoms with E-state index in [-0.39, 0.29) is 11.2 Å². The third kappa shape index (κ3) is 16.3. The summed E-state index contributed by atoms with van der Waals surface area (Å²) in [6.45, 7) is 6.61. The number of esters is 1. The normalized spacial score (nSPS) is 13.2. The van der Waals surface area contributed by atoms with Crippen molar-refractivity contribution < 1.29 is 9.53 Å². The van der Waals surface area contributed by atoms with Crippen molar-refractivity contribution in [3.05, 3.63) is 36.5 Å². The van der Waals surface area contributed by atoms with E-state index in [4.69, 9.17) is 4.74 Å². The Labute approximate surface area is 160 Å². The Morgan fingerprint density at radius 2 is 1.52 bits per heavy atom. The second-order valence-corrected chi connectivity index (χ2v) is 7.46. The minimum Gasteiger partial charge on any atom is -0.465 e. The van der Waals surface area contributed by atoms with E-state index in [1.165, 1.54) is 19.3 Å². The fourth-order valence-electron chi connectivity index (χ4n) is 2.48. The molecule has 0 aliphatic heterocycles. The van der Waals surface area contributed by atoms with Crippen molar-refractivity contribution in [1.82, 2.24) is 0 Å². The van der Waals surface area contributed by atoms with E-state index in [1.807, 2.05) is 6.92 Å². The van der Waals surface area contributed by atoms with E-state index in [0.717, 1.165) is 44.3 Å². The number of carbonyl (C=O) groups is 1. The van der Waals surface area contributed by atoms with Crippen LogP contribution in [0.4, 0.5) is 0 Å². The highest BCUT2D eigenvalue weighted by Crippen LogP contribution is 2.19. The number of carbonyl (C=O) groups excluding carboxylic acids is 1. The largest absolute Gasteiger partial charge is 0.465 e. The lowest BCUT2D eigenvalue weighted by Gasteiger charge is -2.13. The lowest BCUT2D eigenvalue weighted by Crippen LogP contribution is -2.20. The summed E-state index contributed by atoms with van der Waals surface area (Å²) < 4.78 is 5.15. The molecule has 0 aliphatic carbocycles. The van der Waals surface area contributed by atoms with Crippen LogP contribution >= 0.6 is 11.8 Å². The van der Waals surface area contributed by atoms with Crippen molar-refractivity contribution in [2.45, 2.75) is 83.8 Å². The van der Waals surface area contributed by atoms with Gasteiger partial charge in [0.25, 0.3) is 0 Å². The summed E-state index contributed by atoms with van der Waals surface area (Å²) in [6.07, 6.45) is 23.6. The Bertz CT molecular complexity index is 385. The standard InChI is InChI=1S/C22H38O2S/c1-4-7-8-9-10-11-12-13-14-15-16-17-18-19-20-21(25-6-3)22(23)24-5-2/h7-8,10-11,13-14,21H,4-6,9,12,15-20H2,1-3H3/b8-7-,11-10-,14-13-. The second-order valence-electron chi connectivity index (χ2n) is 5.98. The molecule has 0 aromatic rings. The Hall–Kier alpha value is -0.960. The van der Waals surface area contributed by atoms with Crippen LogP contribution in [0, 0.1) is 0 Å². The summed E-state index contributed by atoms with van der Waals surface area (Å²) in [5.41, 5.74) is 0. The van der Waals surface area contributed by atoms with Gasteiger partial charge in [-0.15, -0.1) is 11.8 Å². The second kappa shape index (κ2) is 19.4. The van der Waals surface area contributed by atoms with Gasteiger partial charge in [0.1, 0.15) is 5.25 Å². The molecule has 0 radical (unpaired) electrons. The summed E-state index contributed by atoms with van der Waals surface area (Å²) >= 11 is 1.71. The van der Waals surface area contributed by atoms with Gasteiger partial charge in [0.2, 0.25) is 0 Å². The summed E-state index contributed by atoms with van der Waals surface area (Å²) in [7, 11) is 0. The van der Waals surface area contributed by atoms with Crippen molar-refractivity contribution in [2.24, 2.45) is 0 Å². The molecule has 0 saturated heterocycles. The lowest BCUT2D eigenvalue weighted by molar-refractivity contribution is -0.142. The van der Waals surface area contributed by atoms with Crippen molar-refractivity contribution in [3.63, 3.8) is 0 Å². The van der Waals surface area contributed by atoms with Crippen LogP contribution in [-0.4, -0.2) is 23.6 Å². The number of ether oxygens (including phenoxy) is 1. The molecule has 0 fully saturated rings. The van der Waals surface area contributed by atoms with E-state index in [1.54, 1.807) is 11.8 Å². The van der Waals surface area contributed by atoms with Gasteiger partial charge >= 0.3 is 5.97 Å². The van der Waals surface area contributed by atoms with Crippen LogP contribution in [0.5, 0.6) is 0 Å². The molecule has 0 rings (SSSR count). The zero-order valence-corrected chi connectivity index (χ0v) is 17.4. The van der Waals surface area contributed by atoms with Gasteiger partial charge in [-0.25, -0.2) is 0 Å². The van der Waals surface area contributed by atoms with Gasteiger partial charge in [0, 0.05) is 0 Å². The number of unbranched alkanes of at least 4 members (excludes halogenated alkanes) is 4. The molecule has 2 nitrogen and oxygen atoms in total. The highest BCUT2D eigenvalue weighted by molar-refractivity contribution is 8.00. The topological polar surface area (TPSA) is 26.3 Å². The molecule has 0 amide bonds. The number of hydrogen-bond donors (Lipinski definition) is 0. The number of rotatable bonds is 16. The fraction of sp³-hybridized carbons (Fsp3) is 0.682. The summed E-state index contributed by atoms with van der Waals surface area (Å²) in [6, 6.07) is 0. The van der Waals surface area contributed by atoms with Crippen LogP contribution in [0.1, 0.15) is 78.6 Å². The highest BCUT2D eigenvalue weighted by Gasteiger charge is 2.18. The van der Waals surface area contributed by atoms with Gasteiger partial charge in [-0.3, -0.25) is 4.79 Å². The lowest BCUT2D eigenvalue weighted by atomic mass is 10.1. The molecule has 3 heteroatoms. The highest BCUT2D eigenvalue weighted by atomic mass is 32.2. The minimum atomic E-state index is -0.0319. The maximum Gasteiger partial charge on any atom is 0.319 e. The van der Waals surface area contributed by atoms with Crippen molar-refractivity contribution in [3.8, 4) is 0 Å². The molecule has 0 aromatic carbocycles. The molecule has 0 heterocycles. The molecule has 144 valence electrons. The molecule has 1 atom stereocenters. The zero-order chi connectivity index (χ0) is 18.6. The smallest absolute Gasteiger partial charge is 0.319 e. The Kier molecular flexibility index (Phi) is 18.6. The summed E-state index contributed by atoms with van der Waals surface area (Å²) in [5, 5.41) is 0.0313. The van der Waals surface area contributed by atoms with Crippen LogP contribution < -0.4 is 0 Å². The minimum absolute atomic E-state index is 0.0313. The van der Waals surface area contributed by atoms with Crippen molar-refractivity contribution in [1.29, 1.82) is 0 Å². The van der Waals surface area contributed by atoms with E-state index in [0.29, 0.717) is 6.61 Å². The van der Waals surface area contributed by atoms with Gasteiger partial charge in [-0.2, -0.15) is 0 Å². The molecule has 0 aliphatic rings. The van der Waals surface area contributed by atoms with E-state index < -0.39 is 0 Å². The third-order valence-corrected chi connectivity index (χ3v) is 4.95. The van der Waals surface area contributed by atoms with Gasteiger partial charge in [0.15, 0.2) is 0 Å². The Morgan fingerprint density at radius 1 is 0.880 bits per heavy atom. The average Bonchev–Trinajstić information content (AvgIpc) is 2.61. The maximum absolute atomic E-state index is 11.8. The van der Waals surface area contributed by atoms with Crippen molar-refractivity contribution in [2.75, 3.05) is 12.4 Å². The van der Waals surface area contributed by atoms with Gasteiger partial charge < -0.3 is 4.74 Å². The number of allylic oxidation sites excluding steroid dienone is 6. The fourth-order valence-corrected chi connectivity index (χ4v) is 3.42. The number of thioether (sulfide) groups is 1. The van der Waals surface area contributed by atoms with Crippen molar-refractivity contribution >= 4 is 17.7 Å². The van der Waals surface area contributed by atoms with Crippen LogP contribution in [0.15, 0.2) is 36.5 Å². The molecule has 1 unspecified atom stereocenters. The molecule has 25 heavy (non-hydrogen) atoms. The first-order chi connectivity index (χ1) is 12.3. The predicted molar refractivity (Wildman–Crippen MR) is 113 cm³/mol. The first-order valence-electron chi connectivity index (χ1n) is 9.99. The quantitative estimate of drug-likeness (QED) is 0.169. The van der Waals surface area contributed by atoms with E-state index in [2.05, 4.69) is 50.3 Å². The van der Waals surface area contributed by atoms with Gasteiger partial charge in [-0.05, 0) is 51.2 Å². The Balaban J connectivity index is 3.60. The first-order valence-corrected chi connectivity index (χ1v) is 11.0. The molecular weight excluding hydrogens is 328 g/mol. The SMILES string of the molecule is CC/C=C\C/C=C\C/C=C\CCCCCCC(SCC)C(=O)OCC. The number of hydrogen-bond acceptors (Lipinski definition) is 3. The summed E-state index contributed by atoms with van der Waals surface area (Å²) in [4.78, 5) is 11.8. The molecule has 0 saturated carbocycles. The van der Waals surface area contributed by atoms with Crippen LogP contribution in [0.3, 0.4) is 0 Å². The summed E-state index contributed by atoms with van der Waals surface area (Å²) in [5.74, 6) is 0.938. The average molecular weight is 367 g/mol. The first kappa shape index (κ1) is 24.0. The van der Waals surface area contributed by atoms with E-state index >= 15 is 0 Å². The molecular formula is C22H38O2S. The Morgan fingerprint density at radius 3 is 2.16 bits per heavy atom. The van der Waals surface area contributed by atoms with Crippen LogP contribution in [-0.2, 0) is 9.53 Å². The zero-order valence-electron chi connectivity index (χ0n) is 16.5. The molecule has 0 N–H and O–H groups in total. The molecule has 0 aromatic heterocycles. The molecule has 0 spiro atoms.